The van der Waals surface area contributed by atoms with Gasteiger partial charge in [0.1, 0.15) is 6.04 Å². The Balaban J connectivity index is 2.10. The minimum Gasteiger partial charge on any atom is -0.468 e. The Kier molecular flexibility index (Phi) is 3.64. The van der Waals surface area contributed by atoms with E-state index in [4.69, 9.17) is 4.74 Å². The molecule has 0 radical (unpaired) electrons. The highest BCUT2D eigenvalue weighted by Crippen LogP contribution is 2.36. The molecule has 2 rings (SSSR count). The van der Waals surface area contributed by atoms with Crippen molar-refractivity contribution in [2.45, 2.75) is 44.7 Å². The molecule has 3 nitrogen and oxygen atoms in total. The molecule has 0 spiro atoms. The van der Waals surface area contributed by atoms with Crippen LogP contribution in [0.3, 0.4) is 0 Å². The Morgan fingerprint density at radius 1 is 1.38 bits per heavy atom. The Hall–Kier alpha value is -0.830. The van der Waals surface area contributed by atoms with Gasteiger partial charge < -0.3 is 4.74 Å². The van der Waals surface area contributed by atoms with E-state index in [1.807, 2.05) is 0 Å². The van der Waals surface area contributed by atoms with Crippen LogP contribution < -0.4 is 0 Å². The molecule has 3 heteroatoms. The molecule has 0 aromatic heterocycles. The number of carbonyl (C=O) groups is 1. The van der Waals surface area contributed by atoms with Crippen LogP contribution >= 0.6 is 0 Å². The third kappa shape index (κ3) is 2.01. The van der Waals surface area contributed by atoms with Crippen molar-refractivity contribution in [3.05, 3.63) is 12.2 Å². The number of carbonyl (C=O) groups excluding carboxylic acids is 1. The van der Waals surface area contributed by atoms with Crippen LogP contribution in [0.5, 0.6) is 0 Å². The lowest BCUT2D eigenvalue weighted by molar-refractivity contribution is -0.149. The van der Waals surface area contributed by atoms with Crippen LogP contribution in [0.4, 0.5) is 0 Å². The molecular weight excluding hydrogens is 202 g/mol. The van der Waals surface area contributed by atoms with Crippen LogP contribution in [-0.4, -0.2) is 36.6 Å². The molecule has 2 saturated heterocycles. The summed E-state index contributed by atoms with van der Waals surface area (Å²) in [7, 11) is 1.49. The van der Waals surface area contributed by atoms with Gasteiger partial charge in [-0.05, 0) is 45.1 Å². The molecule has 0 amide bonds. The molecule has 2 fully saturated rings. The number of rotatable bonds is 2. The maximum atomic E-state index is 11.7. The number of methoxy groups -OCH3 is 1. The maximum absolute atomic E-state index is 11.7. The zero-order valence-electron chi connectivity index (χ0n) is 10.2. The summed E-state index contributed by atoms with van der Waals surface area (Å²) in [4.78, 5) is 14.1. The zero-order chi connectivity index (χ0) is 11.5. The smallest absolute Gasteiger partial charge is 0.323 e. The highest BCUT2D eigenvalue weighted by atomic mass is 16.5. The van der Waals surface area contributed by atoms with Crippen molar-refractivity contribution in [3.63, 3.8) is 0 Å². The van der Waals surface area contributed by atoms with Crippen LogP contribution in [0.2, 0.25) is 0 Å². The van der Waals surface area contributed by atoms with Gasteiger partial charge in [0.2, 0.25) is 0 Å². The van der Waals surface area contributed by atoms with Crippen molar-refractivity contribution in [1.29, 1.82) is 0 Å². The van der Waals surface area contributed by atoms with Crippen molar-refractivity contribution in [3.8, 4) is 0 Å². The fraction of sp³-hybridized carbons (Fsp3) is 0.769. The van der Waals surface area contributed by atoms with Crippen molar-refractivity contribution in [2.24, 2.45) is 5.92 Å². The van der Waals surface area contributed by atoms with Crippen molar-refractivity contribution in [2.75, 3.05) is 13.7 Å². The van der Waals surface area contributed by atoms with Gasteiger partial charge in [-0.2, -0.15) is 0 Å². The maximum Gasteiger partial charge on any atom is 0.323 e. The number of allylic oxidation sites excluding steroid dienone is 1. The zero-order valence-corrected chi connectivity index (χ0v) is 10.2. The number of esters is 1. The van der Waals surface area contributed by atoms with Gasteiger partial charge in [0.25, 0.3) is 0 Å². The van der Waals surface area contributed by atoms with E-state index in [1.165, 1.54) is 20.0 Å². The monoisotopic (exact) mass is 223 g/mol. The van der Waals surface area contributed by atoms with E-state index in [-0.39, 0.29) is 12.0 Å². The molecule has 0 aliphatic carbocycles. The number of fused-ring (bicyclic) bond motifs is 1. The molecule has 2 aliphatic rings. The van der Waals surface area contributed by atoms with Crippen LogP contribution in [0.15, 0.2) is 12.2 Å². The van der Waals surface area contributed by atoms with Gasteiger partial charge in [-0.3, -0.25) is 9.69 Å². The molecular formula is C13H21NO2. The van der Waals surface area contributed by atoms with E-state index < -0.39 is 0 Å². The molecule has 0 aromatic rings. The summed E-state index contributed by atoms with van der Waals surface area (Å²) in [6.45, 7) is 3.13. The first-order chi connectivity index (χ1) is 7.77. The quantitative estimate of drug-likeness (QED) is 0.529. The van der Waals surface area contributed by atoms with Gasteiger partial charge in [-0.1, -0.05) is 12.2 Å². The highest BCUT2D eigenvalue weighted by Gasteiger charge is 2.42. The predicted octanol–water partition coefficient (Wildman–Crippen LogP) is 1.98. The van der Waals surface area contributed by atoms with E-state index >= 15 is 0 Å². The van der Waals surface area contributed by atoms with E-state index in [0.717, 1.165) is 19.4 Å². The third-order valence-corrected chi connectivity index (χ3v) is 3.92. The van der Waals surface area contributed by atoms with Gasteiger partial charge in [0, 0.05) is 6.04 Å². The average molecular weight is 223 g/mol. The highest BCUT2D eigenvalue weighted by molar-refractivity contribution is 5.75. The summed E-state index contributed by atoms with van der Waals surface area (Å²) in [5.41, 5.74) is 0. The molecule has 0 saturated carbocycles. The summed E-state index contributed by atoms with van der Waals surface area (Å²) in [5, 5.41) is 0. The SMILES string of the molecule is C/C=C/[C@@H]1CC[C@@H](C(=O)OC)N2CCC[C@@H]12. The van der Waals surface area contributed by atoms with E-state index in [2.05, 4.69) is 24.0 Å². The molecule has 0 aromatic carbocycles. The largest absolute Gasteiger partial charge is 0.468 e. The number of piperidine rings is 1. The fourth-order valence-corrected chi connectivity index (χ4v) is 3.23. The molecule has 3 atom stereocenters. The molecule has 0 bridgehead atoms. The standard InChI is InChI=1S/C13H21NO2/c1-3-5-10-7-8-12(13(15)16-2)14-9-4-6-11(10)14/h3,5,10-12H,4,6-9H2,1-2H3/b5-3+/t10-,11+,12+/m1/s1. The Morgan fingerprint density at radius 3 is 2.88 bits per heavy atom. The lowest BCUT2D eigenvalue weighted by atomic mass is 9.85. The number of hydrogen-bond acceptors (Lipinski definition) is 3. The minimum atomic E-state index is -0.0502. The molecule has 2 heterocycles. The number of nitrogens with zero attached hydrogens (tertiary/aromatic N) is 1. The van der Waals surface area contributed by atoms with Crippen LogP contribution in [0, 0.1) is 5.92 Å². The van der Waals surface area contributed by atoms with Crippen LogP contribution in [-0.2, 0) is 9.53 Å². The normalized spacial score (nSPS) is 35.2. The summed E-state index contributed by atoms with van der Waals surface area (Å²) in [5.74, 6) is 0.583. The lowest BCUT2D eigenvalue weighted by Gasteiger charge is -2.40. The Bertz CT molecular complexity index is 288. The second kappa shape index (κ2) is 5.00. The first-order valence-corrected chi connectivity index (χ1v) is 6.24. The number of ether oxygens (including phenoxy) is 1. The van der Waals surface area contributed by atoms with Crippen LogP contribution in [0.1, 0.15) is 32.6 Å². The lowest BCUT2D eigenvalue weighted by Crippen LogP contribution is -2.50. The predicted molar refractivity (Wildman–Crippen MR) is 63.1 cm³/mol. The van der Waals surface area contributed by atoms with E-state index in [0.29, 0.717) is 12.0 Å². The van der Waals surface area contributed by atoms with Gasteiger partial charge >= 0.3 is 5.97 Å². The first kappa shape index (κ1) is 11.6. The van der Waals surface area contributed by atoms with Gasteiger partial charge in [-0.25, -0.2) is 0 Å². The first-order valence-electron chi connectivity index (χ1n) is 6.24. The Labute approximate surface area is 97.5 Å². The summed E-state index contributed by atoms with van der Waals surface area (Å²) in [6, 6.07) is 0.577. The minimum absolute atomic E-state index is 0.0130. The van der Waals surface area contributed by atoms with Crippen molar-refractivity contribution >= 4 is 5.97 Å². The van der Waals surface area contributed by atoms with Gasteiger partial charge in [-0.15, -0.1) is 0 Å². The summed E-state index contributed by atoms with van der Waals surface area (Å²) >= 11 is 0. The average Bonchev–Trinajstić information content (AvgIpc) is 2.78. The molecule has 16 heavy (non-hydrogen) atoms. The topological polar surface area (TPSA) is 29.5 Å². The third-order valence-electron chi connectivity index (χ3n) is 3.92. The van der Waals surface area contributed by atoms with Crippen molar-refractivity contribution in [1.82, 2.24) is 4.90 Å². The van der Waals surface area contributed by atoms with Gasteiger partial charge in [0.05, 0.1) is 7.11 Å². The Morgan fingerprint density at radius 2 is 2.19 bits per heavy atom. The fourth-order valence-electron chi connectivity index (χ4n) is 3.23. The molecule has 0 unspecified atom stereocenters. The molecule has 0 N–H and O–H groups in total. The second-order valence-corrected chi connectivity index (χ2v) is 4.75. The van der Waals surface area contributed by atoms with E-state index in [1.54, 1.807) is 0 Å². The second-order valence-electron chi connectivity index (χ2n) is 4.75. The van der Waals surface area contributed by atoms with Crippen molar-refractivity contribution < 1.29 is 9.53 Å². The summed E-state index contributed by atoms with van der Waals surface area (Å²) < 4.78 is 4.89. The van der Waals surface area contributed by atoms with Crippen LogP contribution in [0.25, 0.3) is 0 Å². The summed E-state index contributed by atoms with van der Waals surface area (Å²) in [6.07, 6.45) is 8.94. The van der Waals surface area contributed by atoms with E-state index in [9.17, 15) is 4.79 Å². The molecule has 2 aliphatic heterocycles. The molecule has 90 valence electrons. The number of hydrogen-bond donors (Lipinski definition) is 0. The van der Waals surface area contributed by atoms with Gasteiger partial charge in [0.15, 0.2) is 0 Å².